The van der Waals surface area contributed by atoms with Crippen LogP contribution in [0.25, 0.3) is 10.4 Å². The van der Waals surface area contributed by atoms with E-state index in [-0.39, 0.29) is 6.04 Å². The normalized spacial score (nSPS) is 12.7. The van der Waals surface area contributed by atoms with Gasteiger partial charge in [-0.1, -0.05) is 6.07 Å². The second-order valence-electron chi connectivity index (χ2n) is 4.40. The Kier molecular flexibility index (Phi) is 3.82. The minimum atomic E-state index is 0.238. The van der Waals surface area contributed by atoms with Crippen molar-refractivity contribution in [1.29, 1.82) is 0 Å². The predicted molar refractivity (Wildman–Crippen MR) is 81.6 cm³/mol. The molecule has 4 heteroatoms. The van der Waals surface area contributed by atoms with E-state index in [0.717, 1.165) is 12.3 Å². The fourth-order valence-electron chi connectivity index (χ4n) is 1.94. The van der Waals surface area contributed by atoms with E-state index in [0.29, 0.717) is 0 Å². The lowest BCUT2D eigenvalue weighted by molar-refractivity contribution is 0.431. The van der Waals surface area contributed by atoms with Gasteiger partial charge in [-0.3, -0.25) is 0 Å². The van der Waals surface area contributed by atoms with E-state index in [1.54, 1.807) is 28.9 Å². The van der Waals surface area contributed by atoms with E-state index >= 15 is 0 Å². The molecule has 3 aromatic rings. The van der Waals surface area contributed by atoms with Crippen LogP contribution in [0.1, 0.15) is 23.6 Å². The van der Waals surface area contributed by atoms with Crippen LogP contribution in [0.2, 0.25) is 0 Å². The van der Waals surface area contributed by atoms with E-state index in [2.05, 4.69) is 41.2 Å². The van der Waals surface area contributed by atoms with Gasteiger partial charge in [-0.05, 0) is 41.9 Å². The van der Waals surface area contributed by atoms with Crippen molar-refractivity contribution in [3.05, 3.63) is 58.0 Å². The Hall–Kier alpha value is -1.36. The van der Waals surface area contributed by atoms with Gasteiger partial charge in [-0.15, -0.1) is 22.7 Å². The first-order chi connectivity index (χ1) is 9.33. The van der Waals surface area contributed by atoms with Gasteiger partial charge in [0.05, 0.1) is 12.3 Å². The molecule has 0 amide bonds. The molecule has 2 nitrogen and oxygen atoms in total. The molecule has 0 unspecified atom stereocenters. The lowest BCUT2D eigenvalue weighted by Crippen LogP contribution is -2.16. The van der Waals surface area contributed by atoms with Gasteiger partial charge in [0.2, 0.25) is 0 Å². The van der Waals surface area contributed by atoms with Crippen LogP contribution in [0.15, 0.2) is 51.8 Å². The topological polar surface area (TPSA) is 25.2 Å². The number of hydrogen-bond acceptors (Lipinski definition) is 4. The second kappa shape index (κ2) is 5.74. The van der Waals surface area contributed by atoms with Gasteiger partial charge in [-0.25, -0.2) is 0 Å². The van der Waals surface area contributed by atoms with Crippen LogP contribution in [0.4, 0.5) is 0 Å². The van der Waals surface area contributed by atoms with Crippen molar-refractivity contribution in [2.45, 2.75) is 19.5 Å². The van der Waals surface area contributed by atoms with Crippen molar-refractivity contribution >= 4 is 22.7 Å². The summed E-state index contributed by atoms with van der Waals surface area (Å²) in [5.41, 5.74) is 1.32. The third kappa shape index (κ3) is 2.97. The molecule has 0 saturated heterocycles. The Morgan fingerprint density at radius 3 is 2.95 bits per heavy atom. The van der Waals surface area contributed by atoms with E-state index < -0.39 is 0 Å². The summed E-state index contributed by atoms with van der Waals surface area (Å²) in [6.07, 6.45) is 1.72. The summed E-state index contributed by atoms with van der Waals surface area (Å²) in [6, 6.07) is 10.7. The Bertz CT molecular complexity index is 610. The van der Waals surface area contributed by atoms with Crippen molar-refractivity contribution < 1.29 is 4.42 Å². The molecule has 19 heavy (non-hydrogen) atoms. The zero-order valence-corrected chi connectivity index (χ0v) is 12.3. The minimum absolute atomic E-state index is 0.238. The van der Waals surface area contributed by atoms with Crippen LogP contribution < -0.4 is 5.32 Å². The highest BCUT2D eigenvalue weighted by atomic mass is 32.1. The number of hydrogen-bond donors (Lipinski definition) is 1. The van der Waals surface area contributed by atoms with Crippen molar-refractivity contribution in [2.75, 3.05) is 0 Å². The first-order valence-electron chi connectivity index (χ1n) is 6.21. The molecule has 3 rings (SSSR count). The molecule has 0 bridgehead atoms. The van der Waals surface area contributed by atoms with Crippen LogP contribution in [0.5, 0.6) is 0 Å². The predicted octanol–water partition coefficient (Wildman–Crippen LogP) is 4.92. The van der Waals surface area contributed by atoms with Gasteiger partial charge in [-0.2, -0.15) is 0 Å². The summed E-state index contributed by atoms with van der Waals surface area (Å²) in [5.74, 6) is 0.982. The lowest BCUT2D eigenvalue weighted by Gasteiger charge is -2.09. The number of rotatable bonds is 5. The molecule has 0 aliphatic carbocycles. The molecule has 3 heterocycles. The Balaban J connectivity index is 1.62. The molecular weight excluding hydrogens is 274 g/mol. The largest absolute Gasteiger partial charge is 0.468 e. The molecule has 0 aliphatic heterocycles. The Morgan fingerprint density at radius 1 is 1.26 bits per heavy atom. The molecule has 1 N–H and O–H groups in total. The van der Waals surface area contributed by atoms with Crippen LogP contribution >= 0.6 is 22.7 Å². The Labute approximate surface area is 120 Å². The standard InChI is InChI=1S/C15H15NOS2/c1-11(14-4-2-6-17-14)16-9-13-8-12(10-19-13)15-5-3-7-18-15/h2-8,10-11,16H,9H2,1H3/t11-/m0/s1. The average Bonchev–Trinajstić information content (AvgIpc) is 3.14. The van der Waals surface area contributed by atoms with Gasteiger partial charge in [0.1, 0.15) is 5.76 Å². The van der Waals surface area contributed by atoms with Crippen molar-refractivity contribution in [1.82, 2.24) is 5.32 Å². The minimum Gasteiger partial charge on any atom is -0.468 e. The summed E-state index contributed by atoms with van der Waals surface area (Å²) >= 11 is 3.58. The maximum Gasteiger partial charge on any atom is 0.120 e. The highest BCUT2D eigenvalue weighted by Crippen LogP contribution is 2.29. The fourth-order valence-corrected chi connectivity index (χ4v) is 3.56. The first kappa shape index (κ1) is 12.7. The maximum absolute atomic E-state index is 5.39. The SMILES string of the molecule is C[C@H](NCc1cc(-c2cccs2)cs1)c1ccco1. The quantitative estimate of drug-likeness (QED) is 0.721. The van der Waals surface area contributed by atoms with Crippen molar-refractivity contribution in [2.24, 2.45) is 0 Å². The third-order valence-corrected chi connectivity index (χ3v) is 4.87. The average molecular weight is 289 g/mol. The molecule has 3 aromatic heterocycles. The third-order valence-electron chi connectivity index (χ3n) is 3.01. The van der Waals surface area contributed by atoms with E-state index in [4.69, 9.17) is 4.42 Å². The molecule has 98 valence electrons. The number of furan rings is 1. The summed E-state index contributed by atoms with van der Waals surface area (Å²) < 4.78 is 5.39. The van der Waals surface area contributed by atoms with Gasteiger partial charge in [0.15, 0.2) is 0 Å². The molecular formula is C15H15NOS2. The molecule has 0 spiro atoms. The molecule has 0 aliphatic rings. The number of thiophene rings is 2. The highest BCUT2D eigenvalue weighted by molar-refractivity contribution is 7.14. The fraction of sp³-hybridized carbons (Fsp3) is 0.200. The maximum atomic E-state index is 5.39. The van der Waals surface area contributed by atoms with Crippen LogP contribution in [0.3, 0.4) is 0 Å². The zero-order valence-electron chi connectivity index (χ0n) is 10.6. The molecule has 0 aromatic carbocycles. The summed E-state index contributed by atoms with van der Waals surface area (Å²) in [5, 5.41) is 7.82. The zero-order chi connectivity index (χ0) is 13.1. The van der Waals surface area contributed by atoms with Crippen molar-refractivity contribution in [3.63, 3.8) is 0 Å². The van der Waals surface area contributed by atoms with Crippen LogP contribution in [-0.4, -0.2) is 0 Å². The summed E-state index contributed by atoms with van der Waals surface area (Å²) in [4.78, 5) is 2.68. The van der Waals surface area contributed by atoms with Gasteiger partial charge < -0.3 is 9.73 Å². The summed E-state index contributed by atoms with van der Waals surface area (Å²) in [7, 11) is 0. The van der Waals surface area contributed by atoms with Crippen LogP contribution in [0, 0.1) is 0 Å². The van der Waals surface area contributed by atoms with E-state index in [9.17, 15) is 0 Å². The van der Waals surface area contributed by atoms with Crippen LogP contribution in [-0.2, 0) is 6.54 Å². The van der Waals surface area contributed by atoms with Gasteiger partial charge in [0.25, 0.3) is 0 Å². The first-order valence-corrected chi connectivity index (χ1v) is 7.97. The monoisotopic (exact) mass is 289 g/mol. The smallest absolute Gasteiger partial charge is 0.120 e. The highest BCUT2D eigenvalue weighted by Gasteiger charge is 2.08. The van der Waals surface area contributed by atoms with E-state index in [1.807, 2.05) is 12.1 Å². The second-order valence-corrected chi connectivity index (χ2v) is 6.34. The summed E-state index contributed by atoms with van der Waals surface area (Å²) in [6.45, 7) is 2.99. The number of nitrogens with one attached hydrogen (secondary N) is 1. The van der Waals surface area contributed by atoms with Gasteiger partial charge >= 0.3 is 0 Å². The van der Waals surface area contributed by atoms with Gasteiger partial charge in [0, 0.05) is 21.9 Å². The van der Waals surface area contributed by atoms with E-state index in [1.165, 1.54) is 15.3 Å². The molecule has 0 fully saturated rings. The Morgan fingerprint density at radius 2 is 2.21 bits per heavy atom. The molecule has 0 radical (unpaired) electrons. The molecule has 0 saturated carbocycles. The lowest BCUT2D eigenvalue weighted by atomic mass is 10.2. The van der Waals surface area contributed by atoms with Crippen molar-refractivity contribution in [3.8, 4) is 10.4 Å². The molecule has 1 atom stereocenters.